The van der Waals surface area contributed by atoms with Crippen molar-refractivity contribution >= 4 is 5.91 Å². The molecular formula is C19H27NO2. The lowest BCUT2D eigenvalue weighted by Crippen LogP contribution is -2.41. The average molecular weight is 301 g/mol. The molecule has 0 bridgehead atoms. The quantitative estimate of drug-likeness (QED) is 0.878. The molecule has 2 N–H and O–H groups in total. The van der Waals surface area contributed by atoms with Crippen LogP contribution in [0.3, 0.4) is 0 Å². The molecule has 1 aromatic rings. The summed E-state index contributed by atoms with van der Waals surface area (Å²) in [5.74, 6) is 0.655. The van der Waals surface area contributed by atoms with Gasteiger partial charge < -0.3 is 10.4 Å². The zero-order chi connectivity index (χ0) is 15.7. The molecule has 3 nitrogen and oxygen atoms in total. The highest BCUT2D eigenvalue weighted by atomic mass is 16.3. The van der Waals surface area contributed by atoms with E-state index in [9.17, 15) is 9.90 Å². The first kappa shape index (κ1) is 15.5. The average Bonchev–Trinajstić information content (AvgIpc) is 3.22. The summed E-state index contributed by atoms with van der Waals surface area (Å²) in [6.45, 7) is 4.32. The summed E-state index contributed by atoms with van der Waals surface area (Å²) < 4.78 is 0. The third-order valence-corrected chi connectivity index (χ3v) is 5.59. The summed E-state index contributed by atoms with van der Waals surface area (Å²) >= 11 is 0. The largest absolute Gasteiger partial charge is 0.396 e. The molecule has 22 heavy (non-hydrogen) atoms. The molecule has 1 fully saturated rings. The van der Waals surface area contributed by atoms with E-state index in [1.807, 2.05) is 0 Å². The van der Waals surface area contributed by atoms with Crippen molar-refractivity contribution in [3.05, 3.63) is 35.4 Å². The fourth-order valence-electron chi connectivity index (χ4n) is 4.17. The van der Waals surface area contributed by atoms with Gasteiger partial charge in [0.15, 0.2) is 0 Å². The van der Waals surface area contributed by atoms with E-state index >= 15 is 0 Å². The van der Waals surface area contributed by atoms with Crippen LogP contribution >= 0.6 is 0 Å². The van der Waals surface area contributed by atoms with Crippen LogP contribution in [0.5, 0.6) is 0 Å². The Morgan fingerprint density at radius 1 is 1.41 bits per heavy atom. The van der Waals surface area contributed by atoms with E-state index in [-0.39, 0.29) is 29.9 Å². The number of amides is 1. The number of aliphatic hydroxyl groups is 1. The number of nitrogens with one attached hydrogen (secondary N) is 1. The molecular weight excluding hydrogens is 274 g/mol. The van der Waals surface area contributed by atoms with Gasteiger partial charge in [0, 0.05) is 24.0 Å². The molecule has 0 radical (unpaired) electrons. The minimum atomic E-state index is 0.0778. The highest BCUT2D eigenvalue weighted by molar-refractivity contribution is 5.85. The van der Waals surface area contributed by atoms with E-state index < -0.39 is 0 Å². The molecule has 2 aliphatic carbocycles. The van der Waals surface area contributed by atoms with Crippen LogP contribution in [0.15, 0.2) is 24.3 Å². The second-order valence-electron chi connectivity index (χ2n) is 7.29. The fraction of sp³-hybridized carbons (Fsp3) is 0.632. The van der Waals surface area contributed by atoms with Crippen molar-refractivity contribution < 1.29 is 9.90 Å². The van der Waals surface area contributed by atoms with Crippen molar-refractivity contribution in [1.82, 2.24) is 5.32 Å². The first-order valence-corrected chi connectivity index (χ1v) is 8.58. The minimum absolute atomic E-state index is 0.0778. The Hall–Kier alpha value is -1.35. The summed E-state index contributed by atoms with van der Waals surface area (Å²) in [4.78, 5) is 12.7. The number of aliphatic hydroxyl groups excluding tert-OH is 1. The van der Waals surface area contributed by atoms with Crippen molar-refractivity contribution in [1.29, 1.82) is 0 Å². The minimum Gasteiger partial charge on any atom is -0.396 e. The van der Waals surface area contributed by atoms with Crippen molar-refractivity contribution in [2.24, 2.45) is 11.8 Å². The summed E-state index contributed by atoms with van der Waals surface area (Å²) in [6.07, 6.45) is 5.09. The molecule has 3 rings (SSSR count). The van der Waals surface area contributed by atoms with Crippen LogP contribution in [-0.2, 0) is 16.6 Å². The monoisotopic (exact) mass is 301 g/mol. The molecule has 0 aromatic heterocycles. The van der Waals surface area contributed by atoms with Gasteiger partial charge in [0.05, 0.1) is 0 Å². The predicted molar refractivity (Wildman–Crippen MR) is 87.6 cm³/mol. The van der Waals surface area contributed by atoms with E-state index in [1.54, 1.807) is 0 Å². The molecule has 3 unspecified atom stereocenters. The maximum Gasteiger partial charge on any atom is 0.224 e. The lowest BCUT2D eigenvalue weighted by Gasteiger charge is -2.27. The van der Waals surface area contributed by atoms with E-state index in [2.05, 4.69) is 43.4 Å². The SMILES string of the molecule is CC(C)C(CCO)NC(=O)C1CC12CCCc1ccccc12. The maximum absolute atomic E-state index is 12.7. The molecule has 1 amide bonds. The molecule has 120 valence electrons. The van der Waals surface area contributed by atoms with Crippen molar-refractivity contribution in [3.8, 4) is 0 Å². The second kappa shape index (κ2) is 6.04. The van der Waals surface area contributed by atoms with Crippen LogP contribution in [-0.4, -0.2) is 23.7 Å². The highest BCUT2D eigenvalue weighted by Crippen LogP contribution is 2.60. The van der Waals surface area contributed by atoms with Crippen LogP contribution in [0.2, 0.25) is 0 Å². The van der Waals surface area contributed by atoms with Crippen LogP contribution in [0.4, 0.5) is 0 Å². The van der Waals surface area contributed by atoms with Crippen LogP contribution in [0.1, 0.15) is 50.7 Å². The molecule has 0 heterocycles. The summed E-state index contributed by atoms with van der Waals surface area (Å²) in [5.41, 5.74) is 2.93. The standard InChI is InChI=1S/C19H27NO2/c1-13(2)17(9-11-21)20-18(22)16-12-19(16)10-5-7-14-6-3-4-8-15(14)19/h3-4,6,8,13,16-17,21H,5,7,9-12H2,1-2H3,(H,20,22). The van der Waals surface area contributed by atoms with Crippen molar-refractivity contribution in [2.75, 3.05) is 6.61 Å². The summed E-state index contributed by atoms with van der Waals surface area (Å²) in [6, 6.07) is 8.71. The van der Waals surface area contributed by atoms with Crippen LogP contribution in [0, 0.1) is 11.8 Å². The molecule has 1 saturated carbocycles. The Balaban J connectivity index is 1.73. The normalized spacial score (nSPS) is 27.5. The van der Waals surface area contributed by atoms with Gasteiger partial charge in [-0.1, -0.05) is 38.1 Å². The third-order valence-electron chi connectivity index (χ3n) is 5.59. The Kier molecular flexibility index (Phi) is 4.26. The lowest BCUT2D eigenvalue weighted by molar-refractivity contribution is -0.124. The van der Waals surface area contributed by atoms with E-state index in [0.29, 0.717) is 12.3 Å². The number of benzene rings is 1. The zero-order valence-corrected chi connectivity index (χ0v) is 13.6. The van der Waals surface area contributed by atoms with Gasteiger partial charge in [-0.25, -0.2) is 0 Å². The number of carbonyl (C=O) groups excluding carboxylic acids is 1. The maximum atomic E-state index is 12.7. The Morgan fingerprint density at radius 2 is 2.18 bits per heavy atom. The topological polar surface area (TPSA) is 49.3 Å². The molecule has 1 aromatic carbocycles. The number of aryl methyl sites for hydroxylation is 1. The van der Waals surface area contributed by atoms with E-state index in [0.717, 1.165) is 19.3 Å². The lowest BCUT2D eigenvalue weighted by atomic mass is 9.78. The number of hydrogen-bond acceptors (Lipinski definition) is 2. The molecule has 1 spiro atoms. The third kappa shape index (κ3) is 2.67. The smallest absolute Gasteiger partial charge is 0.224 e. The number of rotatable bonds is 5. The first-order valence-electron chi connectivity index (χ1n) is 8.58. The molecule has 2 aliphatic rings. The zero-order valence-electron chi connectivity index (χ0n) is 13.6. The van der Waals surface area contributed by atoms with Gasteiger partial charge in [0.2, 0.25) is 5.91 Å². The summed E-state index contributed by atoms with van der Waals surface area (Å²) in [7, 11) is 0. The van der Waals surface area contributed by atoms with Gasteiger partial charge in [0.1, 0.15) is 0 Å². The van der Waals surface area contributed by atoms with Gasteiger partial charge in [-0.3, -0.25) is 4.79 Å². The first-order chi connectivity index (χ1) is 10.6. The van der Waals surface area contributed by atoms with Gasteiger partial charge in [-0.15, -0.1) is 0 Å². The predicted octanol–water partition coefficient (Wildman–Crippen LogP) is 2.80. The van der Waals surface area contributed by atoms with Crippen molar-refractivity contribution in [3.63, 3.8) is 0 Å². The molecule has 3 atom stereocenters. The Bertz CT molecular complexity index is 554. The fourth-order valence-corrected chi connectivity index (χ4v) is 4.17. The number of fused-ring (bicyclic) bond motifs is 2. The second-order valence-corrected chi connectivity index (χ2v) is 7.29. The van der Waals surface area contributed by atoms with Gasteiger partial charge in [0.25, 0.3) is 0 Å². The molecule has 0 aliphatic heterocycles. The van der Waals surface area contributed by atoms with Gasteiger partial charge in [-0.2, -0.15) is 0 Å². The highest BCUT2D eigenvalue weighted by Gasteiger charge is 2.60. The molecule has 3 heteroatoms. The Morgan fingerprint density at radius 3 is 2.91 bits per heavy atom. The van der Waals surface area contributed by atoms with Gasteiger partial charge >= 0.3 is 0 Å². The number of carbonyl (C=O) groups is 1. The number of hydrogen-bond donors (Lipinski definition) is 2. The Labute approximate surface area is 133 Å². The van der Waals surface area contributed by atoms with Crippen LogP contribution in [0.25, 0.3) is 0 Å². The molecule has 0 saturated heterocycles. The van der Waals surface area contributed by atoms with Crippen LogP contribution < -0.4 is 5.32 Å². The van der Waals surface area contributed by atoms with Gasteiger partial charge in [-0.05, 0) is 49.1 Å². The van der Waals surface area contributed by atoms with E-state index in [1.165, 1.54) is 17.5 Å². The van der Waals surface area contributed by atoms with Crippen molar-refractivity contribution in [2.45, 2.75) is 57.4 Å². The van der Waals surface area contributed by atoms with E-state index in [4.69, 9.17) is 0 Å². The summed E-state index contributed by atoms with van der Waals surface area (Å²) in [5, 5.41) is 12.4.